The summed E-state index contributed by atoms with van der Waals surface area (Å²) in [7, 11) is 0. The van der Waals surface area contributed by atoms with Gasteiger partial charge in [0.15, 0.2) is 0 Å². The summed E-state index contributed by atoms with van der Waals surface area (Å²) in [5.74, 6) is 0. The van der Waals surface area contributed by atoms with Gasteiger partial charge in [0, 0.05) is 28.5 Å². The Labute approximate surface area is 120 Å². The molecule has 0 unspecified atom stereocenters. The van der Waals surface area contributed by atoms with E-state index in [9.17, 15) is 5.11 Å². The molecule has 0 spiro atoms. The Morgan fingerprint density at radius 3 is 3.22 bits per heavy atom. The van der Waals surface area contributed by atoms with Gasteiger partial charge in [0.1, 0.15) is 0 Å². The van der Waals surface area contributed by atoms with Gasteiger partial charge in [-0.1, -0.05) is 28.6 Å². The number of rotatable bonds is 5. The Morgan fingerprint density at radius 2 is 2.56 bits per heavy atom. The predicted molar refractivity (Wildman–Crippen MR) is 78.1 cm³/mol. The molecule has 18 heavy (non-hydrogen) atoms. The average molecular weight is 332 g/mol. The molecule has 0 saturated carbocycles. The zero-order valence-electron chi connectivity index (χ0n) is 10.2. The molecule has 100 valence electrons. The number of aliphatic hydroxyl groups is 1. The van der Waals surface area contributed by atoms with Gasteiger partial charge in [-0.05, 0) is 17.9 Å². The van der Waals surface area contributed by atoms with Crippen LogP contribution in [-0.4, -0.2) is 42.4 Å². The van der Waals surface area contributed by atoms with Crippen molar-refractivity contribution in [1.29, 1.82) is 0 Å². The molecule has 1 aliphatic rings. The summed E-state index contributed by atoms with van der Waals surface area (Å²) in [5, 5.41) is 12.2. The predicted octanol–water partition coefficient (Wildman–Crippen LogP) is 2.78. The van der Waals surface area contributed by atoms with Crippen molar-refractivity contribution in [3.63, 3.8) is 0 Å². The highest BCUT2D eigenvalue weighted by Gasteiger charge is 2.26. The summed E-state index contributed by atoms with van der Waals surface area (Å²) in [6.45, 7) is 7.03. The lowest BCUT2D eigenvalue weighted by Gasteiger charge is -2.36. The largest absolute Gasteiger partial charge is 0.388 e. The topological polar surface area (TPSA) is 32.7 Å². The molecular weight excluding hydrogens is 314 g/mol. The van der Waals surface area contributed by atoms with Crippen LogP contribution in [0.4, 0.5) is 0 Å². The van der Waals surface area contributed by atoms with E-state index in [2.05, 4.69) is 27.4 Å². The summed E-state index contributed by atoms with van der Waals surface area (Å²) in [4.78, 5) is 3.34. The van der Waals surface area contributed by atoms with E-state index in [-0.39, 0.29) is 6.04 Å². The first-order valence-corrected chi connectivity index (χ1v) is 7.70. The summed E-state index contributed by atoms with van der Waals surface area (Å²) < 4.78 is 6.49. The van der Waals surface area contributed by atoms with Crippen molar-refractivity contribution >= 4 is 27.3 Å². The van der Waals surface area contributed by atoms with Gasteiger partial charge in [0.05, 0.1) is 19.3 Å². The van der Waals surface area contributed by atoms with E-state index in [4.69, 9.17) is 4.74 Å². The van der Waals surface area contributed by atoms with Crippen molar-refractivity contribution in [3.05, 3.63) is 33.5 Å². The molecule has 1 fully saturated rings. The molecule has 1 N–H and O–H groups in total. The molecule has 2 rings (SSSR count). The van der Waals surface area contributed by atoms with Crippen LogP contribution in [0.15, 0.2) is 28.6 Å². The third kappa shape index (κ3) is 3.90. The Hall–Kier alpha value is -0.200. The number of ether oxygens (including phenoxy) is 1. The van der Waals surface area contributed by atoms with E-state index in [1.807, 2.05) is 17.5 Å². The average Bonchev–Trinajstić information content (AvgIpc) is 2.84. The Kier molecular flexibility index (Phi) is 5.38. The van der Waals surface area contributed by atoms with Crippen LogP contribution in [0.1, 0.15) is 17.4 Å². The number of nitrogens with zero attached hydrogens (tertiary/aromatic N) is 1. The fraction of sp³-hybridized carbons (Fsp3) is 0.538. The highest BCUT2D eigenvalue weighted by Crippen LogP contribution is 2.26. The number of halogens is 1. The summed E-state index contributed by atoms with van der Waals surface area (Å²) in [6.07, 6.45) is 0.309. The van der Waals surface area contributed by atoms with Crippen LogP contribution >= 0.6 is 27.3 Å². The SMILES string of the molecule is C=C(Br)CN1CCOC[C@@H]1C[C@@H](O)c1cccs1. The molecule has 2 atom stereocenters. The number of hydrogen-bond donors (Lipinski definition) is 1. The second-order valence-electron chi connectivity index (χ2n) is 4.48. The van der Waals surface area contributed by atoms with Crippen LogP contribution in [0.3, 0.4) is 0 Å². The minimum absolute atomic E-state index is 0.255. The normalized spacial score (nSPS) is 22.9. The molecule has 0 aliphatic carbocycles. The van der Waals surface area contributed by atoms with Crippen LogP contribution < -0.4 is 0 Å². The van der Waals surface area contributed by atoms with Crippen molar-refractivity contribution < 1.29 is 9.84 Å². The van der Waals surface area contributed by atoms with Gasteiger partial charge >= 0.3 is 0 Å². The number of morpholine rings is 1. The third-order valence-electron chi connectivity index (χ3n) is 3.09. The molecular formula is C13H18BrNO2S. The maximum Gasteiger partial charge on any atom is 0.0897 e. The van der Waals surface area contributed by atoms with Gasteiger partial charge in [-0.2, -0.15) is 0 Å². The molecule has 1 aliphatic heterocycles. The van der Waals surface area contributed by atoms with Crippen LogP contribution in [0.2, 0.25) is 0 Å². The first kappa shape index (κ1) is 14.2. The van der Waals surface area contributed by atoms with Gasteiger partial charge in [-0.3, -0.25) is 4.90 Å². The van der Waals surface area contributed by atoms with Gasteiger partial charge in [0.2, 0.25) is 0 Å². The smallest absolute Gasteiger partial charge is 0.0897 e. The monoisotopic (exact) mass is 331 g/mol. The zero-order chi connectivity index (χ0) is 13.0. The maximum absolute atomic E-state index is 10.2. The van der Waals surface area contributed by atoms with Crippen molar-refractivity contribution in [1.82, 2.24) is 4.90 Å². The molecule has 3 nitrogen and oxygen atoms in total. The highest BCUT2D eigenvalue weighted by atomic mass is 79.9. The molecule has 0 amide bonds. The van der Waals surface area contributed by atoms with Crippen molar-refractivity contribution in [2.75, 3.05) is 26.3 Å². The van der Waals surface area contributed by atoms with Gasteiger partial charge in [-0.25, -0.2) is 0 Å². The lowest BCUT2D eigenvalue weighted by atomic mass is 10.1. The molecule has 1 saturated heterocycles. The Balaban J connectivity index is 1.94. The summed E-state index contributed by atoms with van der Waals surface area (Å²) >= 11 is 5.00. The van der Waals surface area contributed by atoms with Gasteiger partial charge in [-0.15, -0.1) is 11.3 Å². The fourth-order valence-corrected chi connectivity index (χ4v) is 3.24. The number of thiophene rings is 1. The lowest BCUT2D eigenvalue weighted by molar-refractivity contribution is -0.0207. The van der Waals surface area contributed by atoms with Gasteiger partial charge < -0.3 is 9.84 Å². The third-order valence-corrected chi connectivity index (χ3v) is 4.32. The van der Waals surface area contributed by atoms with E-state index in [1.54, 1.807) is 11.3 Å². The molecule has 1 aromatic heterocycles. The first-order chi connectivity index (χ1) is 8.66. The second kappa shape index (κ2) is 6.82. The van der Waals surface area contributed by atoms with E-state index in [1.165, 1.54) is 0 Å². The van der Waals surface area contributed by atoms with Crippen LogP contribution in [0.25, 0.3) is 0 Å². The second-order valence-corrected chi connectivity index (χ2v) is 6.58. The molecule has 1 aromatic rings. The lowest BCUT2D eigenvalue weighted by Crippen LogP contribution is -2.46. The van der Waals surface area contributed by atoms with E-state index >= 15 is 0 Å². The van der Waals surface area contributed by atoms with Crippen LogP contribution in [-0.2, 0) is 4.74 Å². The standard InChI is InChI=1S/C13H18BrNO2S/c1-10(14)8-15-4-5-17-9-11(15)7-12(16)13-3-2-6-18-13/h2-3,6,11-12,16H,1,4-5,7-9H2/t11-,12+/m0/s1. The van der Waals surface area contributed by atoms with Crippen molar-refractivity contribution in [2.45, 2.75) is 18.6 Å². The molecule has 0 aromatic carbocycles. The molecule has 5 heteroatoms. The minimum atomic E-state index is -0.400. The molecule has 0 bridgehead atoms. The maximum atomic E-state index is 10.2. The Morgan fingerprint density at radius 1 is 1.72 bits per heavy atom. The first-order valence-electron chi connectivity index (χ1n) is 6.03. The van der Waals surface area contributed by atoms with Crippen LogP contribution in [0, 0.1) is 0 Å². The van der Waals surface area contributed by atoms with E-state index in [0.717, 1.165) is 29.1 Å². The molecule has 2 heterocycles. The van der Waals surface area contributed by atoms with Gasteiger partial charge in [0.25, 0.3) is 0 Å². The quantitative estimate of drug-likeness (QED) is 0.900. The van der Waals surface area contributed by atoms with Crippen molar-refractivity contribution in [3.8, 4) is 0 Å². The zero-order valence-corrected chi connectivity index (χ0v) is 12.6. The number of hydrogen-bond acceptors (Lipinski definition) is 4. The van der Waals surface area contributed by atoms with E-state index < -0.39 is 6.10 Å². The fourth-order valence-electron chi connectivity index (χ4n) is 2.19. The summed E-state index contributed by atoms with van der Waals surface area (Å²) in [5.41, 5.74) is 0. The number of aliphatic hydroxyl groups excluding tert-OH is 1. The highest BCUT2D eigenvalue weighted by molar-refractivity contribution is 9.11. The minimum Gasteiger partial charge on any atom is -0.388 e. The van der Waals surface area contributed by atoms with Crippen molar-refractivity contribution in [2.24, 2.45) is 0 Å². The Bertz CT molecular complexity index is 382. The van der Waals surface area contributed by atoms with Crippen LogP contribution in [0.5, 0.6) is 0 Å². The van der Waals surface area contributed by atoms with E-state index in [0.29, 0.717) is 13.0 Å². The summed E-state index contributed by atoms with van der Waals surface area (Å²) in [6, 6.07) is 4.20. The molecule has 0 radical (unpaired) electrons.